The zero-order valence-corrected chi connectivity index (χ0v) is 13.3. The average Bonchev–Trinajstić information content (AvgIpc) is 2.90. The number of amides is 1. The number of carboxylic acid groups (broad SMARTS) is 1. The summed E-state index contributed by atoms with van der Waals surface area (Å²) in [7, 11) is 0. The number of carbonyl (C=O) groups is 2. The van der Waals surface area contributed by atoms with Crippen LogP contribution in [0.15, 0.2) is 18.2 Å². The molecule has 0 radical (unpaired) electrons. The minimum Gasteiger partial charge on any atom is -0.486 e. The molecule has 1 aromatic carbocycles. The molecule has 2 aromatic rings. The number of rotatable bonds is 4. The molecule has 24 heavy (non-hydrogen) atoms. The normalized spacial score (nSPS) is 14.1. The molecule has 2 heterocycles. The molecule has 0 spiro atoms. The van der Waals surface area contributed by atoms with E-state index in [0.29, 0.717) is 41.7 Å². The maximum absolute atomic E-state index is 12.6. The first kappa shape index (κ1) is 15.9. The predicted molar refractivity (Wildman–Crippen MR) is 83.3 cm³/mol. The fourth-order valence-electron chi connectivity index (χ4n) is 2.70. The van der Waals surface area contributed by atoms with E-state index in [1.807, 2.05) is 0 Å². The Balaban J connectivity index is 1.92. The van der Waals surface area contributed by atoms with Crippen molar-refractivity contribution in [3.63, 3.8) is 0 Å². The number of nitrogens with zero attached hydrogens (tertiary/aromatic N) is 1. The lowest BCUT2D eigenvalue weighted by Crippen LogP contribution is -2.35. The summed E-state index contributed by atoms with van der Waals surface area (Å²) in [6.45, 7) is 4.13. The molecular weight excluding hydrogens is 314 g/mol. The third-order valence-corrected chi connectivity index (χ3v) is 3.81. The Kier molecular flexibility index (Phi) is 4.11. The van der Waals surface area contributed by atoms with Crippen molar-refractivity contribution in [3.05, 3.63) is 40.7 Å². The SMILES string of the molecule is Cc1n[nH]c(C)c1[C@@H](NC(=O)c1cccc2c1OCCO2)C(=O)O. The summed E-state index contributed by atoms with van der Waals surface area (Å²) in [5.41, 5.74) is 1.79. The molecule has 1 aromatic heterocycles. The number of para-hydroxylation sites is 1. The fraction of sp³-hybridized carbons (Fsp3) is 0.312. The predicted octanol–water partition coefficient (Wildman–Crippen LogP) is 1.35. The average molecular weight is 331 g/mol. The Morgan fingerprint density at radius 3 is 2.71 bits per heavy atom. The molecule has 8 heteroatoms. The van der Waals surface area contributed by atoms with Gasteiger partial charge in [-0.25, -0.2) is 4.79 Å². The second-order valence-corrected chi connectivity index (χ2v) is 5.42. The largest absolute Gasteiger partial charge is 0.486 e. The Morgan fingerprint density at radius 1 is 1.29 bits per heavy atom. The Bertz CT molecular complexity index is 780. The first-order valence-electron chi connectivity index (χ1n) is 7.42. The van der Waals surface area contributed by atoms with E-state index in [1.165, 1.54) is 0 Å². The number of ether oxygens (including phenoxy) is 2. The van der Waals surface area contributed by atoms with Gasteiger partial charge >= 0.3 is 5.97 Å². The van der Waals surface area contributed by atoms with Crippen LogP contribution < -0.4 is 14.8 Å². The fourth-order valence-corrected chi connectivity index (χ4v) is 2.70. The molecular formula is C16H17N3O5. The number of aromatic nitrogens is 2. The lowest BCUT2D eigenvalue weighted by molar-refractivity contribution is -0.139. The molecule has 1 amide bonds. The molecule has 3 rings (SSSR count). The van der Waals surface area contributed by atoms with Crippen molar-refractivity contribution in [1.82, 2.24) is 15.5 Å². The highest BCUT2D eigenvalue weighted by molar-refractivity contribution is 6.00. The van der Waals surface area contributed by atoms with Crippen LogP contribution in [0.25, 0.3) is 0 Å². The molecule has 8 nitrogen and oxygen atoms in total. The third-order valence-electron chi connectivity index (χ3n) is 3.81. The van der Waals surface area contributed by atoms with Gasteiger partial charge in [0.1, 0.15) is 13.2 Å². The van der Waals surface area contributed by atoms with Crippen LogP contribution in [0.5, 0.6) is 11.5 Å². The van der Waals surface area contributed by atoms with E-state index >= 15 is 0 Å². The molecule has 0 bridgehead atoms. The molecule has 0 saturated heterocycles. The second-order valence-electron chi connectivity index (χ2n) is 5.42. The van der Waals surface area contributed by atoms with Gasteiger partial charge in [-0.15, -0.1) is 0 Å². The maximum Gasteiger partial charge on any atom is 0.331 e. The summed E-state index contributed by atoms with van der Waals surface area (Å²) in [4.78, 5) is 24.3. The van der Waals surface area contributed by atoms with Crippen LogP contribution in [0, 0.1) is 13.8 Å². The van der Waals surface area contributed by atoms with Gasteiger partial charge in [0.2, 0.25) is 0 Å². The maximum atomic E-state index is 12.6. The van der Waals surface area contributed by atoms with Crippen molar-refractivity contribution in [2.24, 2.45) is 0 Å². The molecule has 1 atom stereocenters. The highest BCUT2D eigenvalue weighted by Crippen LogP contribution is 2.34. The van der Waals surface area contributed by atoms with E-state index in [9.17, 15) is 14.7 Å². The first-order chi connectivity index (χ1) is 11.5. The van der Waals surface area contributed by atoms with Gasteiger partial charge in [0.05, 0.1) is 11.3 Å². The van der Waals surface area contributed by atoms with Gasteiger partial charge in [-0.2, -0.15) is 5.10 Å². The highest BCUT2D eigenvalue weighted by atomic mass is 16.6. The van der Waals surface area contributed by atoms with Crippen LogP contribution in [0.3, 0.4) is 0 Å². The molecule has 1 aliphatic heterocycles. The van der Waals surface area contributed by atoms with Crippen molar-refractivity contribution in [3.8, 4) is 11.5 Å². The van der Waals surface area contributed by atoms with Gasteiger partial charge in [0.15, 0.2) is 17.5 Å². The molecule has 0 fully saturated rings. The summed E-state index contributed by atoms with van der Waals surface area (Å²) in [5, 5.41) is 18.8. The summed E-state index contributed by atoms with van der Waals surface area (Å²) in [5.74, 6) is -0.926. The van der Waals surface area contributed by atoms with E-state index < -0.39 is 17.9 Å². The third kappa shape index (κ3) is 2.78. The highest BCUT2D eigenvalue weighted by Gasteiger charge is 2.29. The van der Waals surface area contributed by atoms with Crippen LogP contribution in [-0.4, -0.2) is 40.4 Å². The Morgan fingerprint density at radius 2 is 2.04 bits per heavy atom. The van der Waals surface area contributed by atoms with Crippen LogP contribution in [0.4, 0.5) is 0 Å². The minimum absolute atomic E-state index is 0.234. The smallest absolute Gasteiger partial charge is 0.331 e. The van der Waals surface area contributed by atoms with Crippen molar-refractivity contribution < 1.29 is 24.2 Å². The van der Waals surface area contributed by atoms with Crippen LogP contribution in [0.2, 0.25) is 0 Å². The molecule has 0 unspecified atom stereocenters. The lowest BCUT2D eigenvalue weighted by Gasteiger charge is -2.21. The molecule has 126 valence electrons. The number of aryl methyl sites for hydroxylation is 2. The van der Waals surface area contributed by atoms with Gasteiger partial charge < -0.3 is 19.9 Å². The van der Waals surface area contributed by atoms with Gasteiger partial charge in [0.25, 0.3) is 5.91 Å². The Hall–Kier alpha value is -3.03. The first-order valence-corrected chi connectivity index (χ1v) is 7.42. The Labute approximate surface area is 137 Å². The standard InChI is InChI=1S/C16H17N3O5/c1-8-12(9(2)19-18-8)13(16(21)22)17-15(20)10-4-3-5-11-14(10)24-7-6-23-11/h3-5,13H,6-7H2,1-2H3,(H,17,20)(H,18,19)(H,21,22)/t13-/m1/s1. The number of hydrogen-bond donors (Lipinski definition) is 3. The number of H-pyrrole nitrogens is 1. The molecule has 3 N–H and O–H groups in total. The summed E-state index contributed by atoms with van der Waals surface area (Å²) >= 11 is 0. The quantitative estimate of drug-likeness (QED) is 0.779. The van der Waals surface area contributed by atoms with E-state index in [2.05, 4.69) is 15.5 Å². The monoisotopic (exact) mass is 331 g/mol. The second kappa shape index (κ2) is 6.23. The zero-order chi connectivity index (χ0) is 17.3. The number of hydrogen-bond acceptors (Lipinski definition) is 5. The van der Waals surface area contributed by atoms with Crippen molar-refractivity contribution >= 4 is 11.9 Å². The number of carboxylic acids is 1. The lowest BCUT2D eigenvalue weighted by atomic mass is 10.0. The van der Waals surface area contributed by atoms with Crippen molar-refractivity contribution in [2.75, 3.05) is 13.2 Å². The van der Waals surface area contributed by atoms with Crippen molar-refractivity contribution in [1.29, 1.82) is 0 Å². The summed E-state index contributed by atoms with van der Waals surface area (Å²) < 4.78 is 10.9. The van der Waals surface area contributed by atoms with Crippen LogP contribution >= 0.6 is 0 Å². The zero-order valence-electron chi connectivity index (χ0n) is 13.3. The van der Waals surface area contributed by atoms with Crippen LogP contribution in [-0.2, 0) is 4.79 Å². The summed E-state index contributed by atoms with van der Waals surface area (Å²) in [6.07, 6.45) is 0. The number of nitrogens with one attached hydrogen (secondary N) is 2. The van der Waals surface area contributed by atoms with E-state index in [1.54, 1.807) is 32.0 Å². The number of fused-ring (bicyclic) bond motifs is 1. The topological polar surface area (TPSA) is 114 Å². The molecule has 0 aliphatic carbocycles. The number of carbonyl (C=O) groups excluding carboxylic acids is 1. The van der Waals surface area contributed by atoms with E-state index in [0.717, 1.165) is 0 Å². The van der Waals surface area contributed by atoms with Gasteiger partial charge in [-0.3, -0.25) is 9.89 Å². The minimum atomic E-state index is -1.21. The number of benzene rings is 1. The van der Waals surface area contributed by atoms with Gasteiger partial charge in [0, 0.05) is 11.3 Å². The van der Waals surface area contributed by atoms with Crippen molar-refractivity contribution in [2.45, 2.75) is 19.9 Å². The van der Waals surface area contributed by atoms with E-state index in [4.69, 9.17) is 9.47 Å². The van der Waals surface area contributed by atoms with Gasteiger partial charge in [-0.05, 0) is 26.0 Å². The van der Waals surface area contributed by atoms with Gasteiger partial charge in [-0.1, -0.05) is 6.07 Å². The number of aliphatic carboxylic acids is 1. The summed E-state index contributed by atoms with van der Waals surface area (Å²) in [6, 6.07) is 3.71. The molecule has 0 saturated carbocycles. The number of aromatic amines is 1. The van der Waals surface area contributed by atoms with E-state index in [-0.39, 0.29) is 5.56 Å². The van der Waals surface area contributed by atoms with Crippen LogP contribution in [0.1, 0.15) is 33.4 Å². The molecule has 1 aliphatic rings.